The van der Waals surface area contributed by atoms with Crippen LogP contribution in [-0.4, -0.2) is 43.1 Å². The maximum absolute atomic E-state index is 12.3. The molecular weight excluding hydrogens is 338 g/mol. The van der Waals surface area contributed by atoms with E-state index in [-0.39, 0.29) is 0 Å². The quantitative estimate of drug-likeness (QED) is 0.808. The van der Waals surface area contributed by atoms with Crippen LogP contribution in [0.3, 0.4) is 0 Å². The molecule has 1 heterocycles. The second-order valence-corrected chi connectivity index (χ2v) is 7.60. The molecule has 0 saturated carbocycles. The lowest BCUT2D eigenvalue weighted by molar-refractivity contribution is -0.151. The third-order valence-electron chi connectivity index (χ3n) is 3.77. The van der Waals surface area contributed by atoms with Crippen LogP contribution in [0.4, 0.5) is 4.79 Å². The normalized spacial score (nSPS) is 23.2. The number of rotatable bonds is 5. The van der Waals surface area contributed by atoms with Crippen LogP contribution >= 0.6 is 0 Å². The number of benzene rings is 1. The second kappa shape index (κ2) is 7.63. The van der Waals surface area contributed by atoms with E-state index in [1.807, 2.05) is 0 Å². The van der Waals surface area contributed by atoms with Gasteiger partial charge in [-0.2, -0.15) is 0 Å². The molecule has 0 bridgehead atoms. The summed E-state index contributed by atoms with van der Waals surface area (Å²) in [4.78, 5) is 23.8. The molecule has 3 atom stereocenters. The Morgan fingerprint density at radius 3 is 2.35 bits per heavy atom. The molecule has 0 aromatic heterocycles. The zero-order valence-corrected chi connectivity index (χ0v) is 16.1. The number of alkyl carbamates (subject to hydrolysis) is 1. The van der Waals surface area contributed by atoms with E-state index in [0.717, 1.165) is 5.56 Å². The molecular formula is C19H27NO6. The maximum Gasteiger partial charge on any atom is 0.408 e. The predicted octanol–water partition coefficient (Wildman–Crippen LogP) is 2.98. The summed E-state index contributed by atoms with van der Waals surface area (Å²) in [5.41, 5.74) is 0.0973. The van der Waals surface area contributed by atoms with Gasteiger partial charge in [0.2, 0.25) is 0 Å². The summed E-state index contributed by atoms with van der Waals surface area (Å²) < 4.78 is 22.1. The minimum Gasteiger partial charge on any atom is -0.497 e. The van der Waals surface area contributed by atoms with Crippen molar-refractivity contribution in [3.63, 3.8) is 0 Å². The van der Waals surface area contributed by atoms with Gasteiger partial charge >= 0.3 is 6.09 Å². The lowest BCUT2D eigenvalue weighted by Crippen LogP contribution is -2.43. The van der Waals surface area contributed by atoms with E-state index in [9.17, 15) is 9.59 Å². The number of amides is 1. The van der Waals surface area contributed by atoms with E-state index in [1.54, 1.807) is 66.0 Å². The van der Waals surface area contributed by atoms with Crippen molar-refractivity contribution >= 4 is 12.4 Å². The van der Waals surface area contributed by atoms with E-state index < -0.39 is 35.7 Å². The highest BCUT2D eigenvalue weighted by atomic mass is 16.8. The van der Waals surface area contributed by atoms with Gasteiger partial charge < -0.3 is 29.1 Å². The van der Waals surface area contributed by atoms with Crippen molar-refractivity contribution in [1.82, 2.24) is 5.32 Å². The Morgan fingerprint density at radius 2 is 1.85 bits per heavy atom. The van der Waals surface area contributed by atoms with Crippen LogP contribution in [0.2, 0.25) is 0 Å². The number of hydrogen-bond acceptors (Lipinski definition) is 6. The van der Waals surface area contributed by atoms with E-state index in [1.165, 1.54) is 0 Å². The van der Waals surface area contributed by atoms with Gasteiger partial charge in [0.1, 0.15) is 23.6 Å². The topological polar surface area (TPSA) is 83.1 Å². The summed E-state index contributed by atoms with van der Waals surface area (Å²) in [5.74, 6) is -0.253. The van der Waals surface area contributed by atoms with Gasteiger partial charge in [-0.15, -0.1) is 0 Å². The molecule has 7 nitrogen and oxygen atoms in total. The number of methoxy groups -OCH3 is 1. The molecule has 7 heteroatoms. The summed E-state index contributed by atoms with van der Waals surface area (Å²) in [6.07, 6.45) is -1.42. The van der Waals surface area contributed by atoms with Gasteiger partial charge in [0, 0.05) is 0 Å². The molecule has 0 aliphatic carbocycles. The van der Waals surface area contributed by atoms with E-state index >= 15 is 0 Å². The van der Waals surface area contributed by atoms with Crippen LogP contribution in [-0.2, 0) is 19.0 Å². The van der Waals surface area contributed by atoms with Crippen LogP contribution in [0.1, 0.15) is 46.2 Å². The van der Waals surface area contributed by atoms with Crippen LogP contribution in [0.25, 0.3) is 0 Å². The van der Waals surface area contributed by atoms with Gasteiger partial charge in [-0.1, -0.05) is 12.1 Å². The predicted molar refractivity (Wildman–Crippen MR) is 95.0 cm³/mol. The zero-order chi connectivity index (χ0) is 19.5. The van der Waals surface area contributed by atoms with Crippen molar-refractivity contribution in [3.8, 4) is 5.75 Å². The molecule has 1 amide bonds. The molecule has 0 spiro atoms. The smallest absolute Gasteiger partial charge is 0.408 e. The first kappa shape index (κ1) is 20.2. The molecule has 1 aromatic carbocycles. The summed E-state index contributed by atoms with van der Waals surface area (Å²) in [6.45, 7) is 8.79. The van der Waals surface area contributed by atoms with Crippen LogP contribution in [0.15, 0.2) is 24.3 Å². The third kappa shape index (κ3) is 5.19. The van der Waals surface area contributed by atoms with Crippen molar-refractivity contribution in [3.05, 3.63) is 29.8 Å². The first-order valence-electron chi connectivity index (χ1n) is 8.49. The molecule has 2 rings (SSSR count). The van der Waals surface area contributed by atoms with Crippen molar-refractivity contribution in [2.45, 2.75) is 64.3 Å². The summed E-state index contributed by atoms with van der Waals surface area (Å²) >= 11 is 0. The average Bonchev–Trinajstić information content (AvgIpc) is 2.86. The van der Waals surface area contributed by atoms with Crippen LogP contribution < -0.4 is 10.1 Å². The molecule has 1 aliphatic rings. The monoisotopic (exact) mass is 365 g/mol. The van der Waals surface area contributed by atoms with Crippen LogP contribution in [0, 0.1) is 0 Å². The Balaban J connectivity index is 2.31. The number of carbonyl (C=O) groups excluding carboxylic acids is 2. The number of nitrogens with one attached hydrogen (secondary N) is 1. The Hall–Kier alpha value is -2.12. The van der Waals surface area contributed by atoms with Crippen molar-refractivity contribution in [1.29, 1.82) is 0 Å². The van der Waals surface area contributed by atoms with E-state index in [0.29, 0.717) is 12.0 Å². The third-order valence-corrected chi connectivity index (χ3v) is 3.77. The Kier molecular flexibility index (Phi) is 5.93. The summed E-state index contributed by atoms with van der Waals surface area (Å²) in [5, 5.41) is 2.81. The summed E-state index contributed by atoms with van der Waals surface area (Å²) in [7, 11) is 1.57. The fourth-order valence-electron chi connectivity index (χ4n) is 2.78. The fraction of sp³-hybridized carbons (Fsp3) is 0.579. The Morgan fingerprint density at radius 1 is 1.23 bits per heavy atom. The molecule has 1 fully saturated rings. The molecule has 26 heavy (non-hydrogen) atoms. The van der Waals surface area contributed by atoms with Gasteiger partial charge in [0.05, 0.1) is 13.2 Å². The van der Waals surface area contributed by atoms with Gasteiger partial charge in [-0.05, 0) is 52.3 Å². The minimum atomic E-state index is -0.934. The number of aldehydes is 1. The van der Waals surface area contributed by atoms with Gasteiger partial charge in [0.15, 0.2) is 12.1 Å². The molecule has 144 valence electrons. The average molecular weight is 365 g/mol. The van der Waals surface area contributed by atoms with Crippen LogP contribution in [0.5, 0.6) is 5.75 Å². The lowest BCUT2D eigenvalue weighted by Gasteiger charge is -2.28. The lowest BCUT2D eigenvalue weighted by atomic mass is 9.98. The highest BCUT2D eigenvalue weighted by Crippen LogP contribution is 2.35. The maximum atomic E-state index is 12.3. The van der Waals surface area contributed by atoms with E-state index in [4.69, 9.17) is 18.9 Å². The Bertz CT molecular complexity index is 634. The standard InChI is InChI=1S/C19H27NO6/c1-18(2,3)26-17(22)20-15(12-7-9-13(23-6)10-8-12)16-14(11-21)24-19(4,5)25-16/h7-11,14-16H,1-6H3,(H,20,22)/t14-,15+,16+/m0/s1. The zero-order valence-electron chi connectivity index (χ0n) is 16.1. The highest BCUT2D eigenvalue weighted by molar-refractivity contribution is 5.69. The van der Waals surface area contributed by atoms with Crippen molar-refractivity contribution < 1.29 is 28.5 Å². The van der Waals surface area contributed by atoms with E-state index in [2.05, 4.69) is 5.32 Å². The number of ether oxygens (including phenoxy) is 4. The first-order chi connectivity index (χ1) is 12.0. The molecule has 1 aromatic rings. The molecule has 1 N–H and O–H groups in total. The van der Waals surface area contributed by atoms with Gasteiger partial charge in [-0.3, -0.25) is 0 Å². The molecule has 0 radical (unpaired) electrons. The first-order valence-corrected chi connectivity index (χ1v) is 8.49. The molecule has 1 aliphatic heterocycles. The number of carbonyl (C=O) groups is 2. The van der Waals surface area contributed by atoms with Gasteiger partial charge in [-0.25, -0.2) is 4.79 Å². The highest BCUT2D eigenvalue weighted by Gasteiger charge is 2.46. The Labute approximate surface area is 153 Å². The number of hydrogen-bond donors (Lipinski definition) is 1. The van der Waals surface area contributed by atoms with Crippen molar-refractivity contribution in [2.75, 3.05) is 7.11 Å². The second-order valence-electron chi connectivity index (χ2n) is 7.60. The SMILES string of the molecule is COc1ccc([C@@H](NC(=O)OC(C)(C)C)[C@@H]2OC(C)(C)O[C@H]2C=O)cc1. The van der Waals surface area contributed by atoms with Gasteiger partial charge in [0.25, 0.3) is 0 Å². The van der Waals surface area contributed by atoms with Crippen molar-refractivity contribution in [2.24, 2.45) is 0 Å². The summed E-state index contributed by atoms with van der Waals surface area (Å²) in [6, 6.07) is 6.52. The molecule has 1 saturated heterocycles. The fourth-order valence-corrected chi connectivity index (χ4v) is 2.78. The molecule has 0 unspecified atom stereocenters. The minimum absolute atomic E-state index is 0.601. The largest absolute Gasteiger partial charge is 0.497 e.